The molecule has 0 amide bonds. The van der Waals surface area contributed by atoms with E-state index in [2.05, 4.69) is 68.5 Å². The number of aromatic nitrogens is 4. The van der Waals surface area contributed by atoms with Crippen molar-refractivity contribution in [1.82, 2.24) is 19.6 Å². The Hall–Kier alpha value is -3.68. The van der Waals surface area contributed by atoms with E-state index >= 15 is 0 Å². The second kappa shape index (κ2) is 8.59. The molecule has 7 nitrogen and oxygen atoms in total. The van der Waals surface area contributed by atoms with E-state index in [1.807, 2.05) is 31.3 Å². The van der Waals surface area contributed by atoms with Crippen LogP contribution >= 0.6 is 11.6 Å². The number of hydrogen-bond acceptors (Lipinski definition) is 6. The summed E-state index contributed by atoms with van der Waals surface area (Å²) in [6, 6.07) is 25.2. The normalized spacial score (nSPS) is 14.1. The first-order valence-electron chi connectivity index (χ1n) is 11.3. The highest BCUT2D eigenvalue weighted by Gasteiger charge is 2.17. The molecule has 0 radical (unpaired) electrons. The van der Waals surface area contributed by atoms with Gasteiger partial charge in [-0.15, -0.1) is 10.2 Å². The maximum absolute atomic E-state index is 6.28. The molecule has 170 valence electrons. The lowest BCUT2D eigenvalue weighted by Crippen LogP contribution is -2.36. The molecule has 1 aliphatic heterocycles. The summed E-state index contributed by atoms with van der Waals surface area (Å²) in [5.74, 6) is 1.27. The number of fused-ring (bicyclic) bond motifs is 3. The Morgan fingerprint density at radius 1 is 0.882 bits per heavy atom. The summed E-state index contributed by atoms with van der Waals surface area (Å²) >= 11 is 6.28. The van der Waals surface area contributed by atoms with Crippen molar-refractivity contribution in [3.8, 4) is 11.1 Å². The molecular formula is C26H23ClN6O. The number of nitrogens with zero attached hydrogens (tertiary/aromatic N) is 6. The molecule has 5 aromatic rings. The predicted octanol–water partition coefficient (Wildman–Crippen LogP) is 5.20. The monoisotopic (exact) mass is 470 g/mol. The second-order valence-electron chi connectivity index (χ2n) is 8.31. The first kappa shape index (κ1) is 20.9. The van der Waals surface area contributed by atoms with Gasteiger partial charge in [-0.2, -0.15) is 4.98 Å². The topological polar surface area (TPSA) is 58.8 Å². The highest BCUT2D eigenvalue weighted by atomic mass is 35.5. The largest absolute Gasteiger partial charge is 0.378 e. The molecule has 1 saturated heterocycles. The highest BCUT2D eigenvalue weighted by molar-refractivity contribution is 6.29. The standard InChI is InChI=1S/C26H23ClN6O/c1-31(24-22-7-2-3-8-23(22)33-25(27)29-30-26(33)28-24)21-6-4-5-19(17-21)18-9-11-20(12-10-18)32-13-15-34-16-14-32/h2-12,17H,13-16H2,1H3. The van der Waals surface area contributed by atoms with Crippen molar-refractivity contribution in [3.05, 3.63) is 78.1 Å². The lowest BCUT2D eigenvalue weighted by molar-refractivity contribution is 0.122. The molecular weight excluding hydrogens is 448 g/mol. The van der Waals surface area contributed by atoms with Crippen LogP contribution in [0.15, 0.2) is 72.8 Å². The molecule has 0 spiro atoms. The van der Waals surface area contributed by atoms with Crippen LogP contribution < -0.4 is 9.80 Å². The summed E-state index contributed by atoms with van der Waals surface area (Å²) in [4.78, 5) is 9.22. The SMILES string of the molecule is CN(c1cccc(-c2ccc(N3CCOCC3)cc2)c1)c1nc2nnc(Cl)n2c2ccccc12. The van der Waals surface area contributed by atoms with Crippen molar-refractivity contribution >= 4 is 45.5 Å². The van der Waals surface area contributed by atoms with Gasteiger partial charge in [0.2, 0.25) is 5.28 Å². The number of morpholine rings is 1. The average molecular weight is 471 g/mol. The molecule has 0 bridgehead atoms. The fraction of sp³-hybridized carbons (Fsp3) is 0.192. The predicted molar refractivity (Wildman–Crippen MR) is 136 cm³/mol. The van der Waals surface area contributed by atoms with E-state index in [0.717, 1.165) is 54.3 Å². The van der Waals surface area contributed by atoms with Gasteiger partial charge in [0.15, 0.2) is 0 Å². The van der Waals surface area contributed by atoms with Crippen molar-refractivity contribution in [1.29, 1.82) is 0 Å². The minimum atomic E-state index is 0.301. The summed E-state index contributed by atoms with van der Waals surface area (Å²) in [7, 11) is 2.02. The van der Waals surface area contributed by atoms with Crippen molar-refractivity contribution < 1.29 is 4.74 Å². The van der Waals surface area contributed by atoms with E-state index in [1.165, 1.54) is 11.3 Å². The molecule has 1 aliphatic rings. The third kappa shape index (κ3) is 3.63. The molecule has 2 aromatic heterocycles. The molecule has 0 N–H and O–H groups in total. The highest BCUT2D eigenvalue weighted by Crippen LogP contribution is 2.33. The van der Waals surface area contributed by atoms with Crippen LogP contribution in [0, 0.1) is 0 Å². The summed E-state index contributed by atoms with van der Waals surface area (Å²) in [5.41, 5.74) is 5.50. The third-order valence-corrected chi connectivity index (χ3v) is 6.57. The van der Waals surface area contributed by atoms with Gasteiger partial charge in [-0.1, -0.05) is 36.4 Å². The quantitative estimate of drug-likeness (QED) is 0.359. The maximum atomic E-state index is 6.28. The smallest absolute Gasteiger partial charge is 0.258 e. The molecule has 1 fully saturated rings. The van der Waals surface area contributed by atoms with Gasteiger partial charge in [-0.05, 0) is 59.1 Å². The number of hydrogen-bond donors (Lipinski definition) is 0. The van der Waals surface area contributed by atoms with Crippen molar-refractivity contribution in [2.75, 3.05) is 43.2 Å². The van der Waals surface area contributed by atoms with E-state index in [1.54, 1.807) is 4.40 Å². The van der Waals surface area contributed by atoms with Crippen LogP contribution in [0.3, 0.4) is 0 Å². The van der Waals surface area contributed by atoms with E-state index in [9.17, 15) is 0 Å². The number of anilines is 3. The van der Waals surface area contributed by atoms with Crippen molar-refractivity contribution in [2.45, 2.75) is 0 Å². The van der Waals surface area contributed by atoms with E-state index in [4.69, 9.17) is 21.3 Å². The Bertz CT molecular complexity index is 1480. The lowest BCUT2D eigenvalue weighted by atomic mass is 10.0. The van der Waals surface area contributed by atoms with Crippen LogP contribution in [0.1, 0.15) is 0 Å². The van der Waals surface area contributed by atoms with E-state index in [0.29, 0.717) is 11.1 Å². The molecule has 3 heterocycles. The zero-order valence-electron chi connectivity index (χ0n) is 18.7. The fourth-order valence-corrected chi connectivity index (χ4v) is 4.71. The van der Waals surface area contributed by atoms with Gasteiger partial charge < -0.3 is 14.5 Å². The summed E-state index contributed by atoms with van der Waals surface area (Å²) in [6.45, 7) is 3.43. The Kier molecular flexibility index (Phi) is 5.28. The van der Waals surface area contributed by atoms with Gasteiger partial charge in [0, 0.05) is 36.9 Å². The number of halogens is 1. The number of para-hydroxylation sites is 1. The maximum Gasteiger partial charge on any atom is 0.258 e. The zero-order chi connectivity index (χ0) is 23.1. The van der Waals surface area contributed by atoms with Crippen LogP contribution in [0.4, 0.5) is 17.2 Å². The summed E-state index contributed by atoms with van der Waals surface area (Å²) in [5, 5.41) is 9.42. The van der Waals surface area contributed by atoms with Crippen LogP contribution in [0.2, 0.25) is 5.28 Å². The molecule has 0 atom stereocenters. The van der Waals surface area contributed by atoms with Gasteiger partial charge in [-0.3, -0.25) is 0 Å². The van der Waals surface area contributed by atoms with E-state index in [-0.39, 0.29) is 0 Å². The van der Waals surface area contributed by atoms with Gasteiger partial charge in [-0.25, -0.2) is 4.40 Å². The molecule has 0 aliphatic carbocycles. The van der Waals surface area contributed by atoms with Crippen molar-refractivity contribution in [3.63, 3.8) is 0 Å². The third-order valence-electron chi connectivity index (χ3n) is 6.33. The summed E-state index contributed by atoms with van der Waals surface area (Å²) < 4.78 is 7.24. The summed E-state index contributed by atoms with van der Waals surface area (Å²) in [6.07, 6.45) is 0. The minimum absolute atomic E-state index is 0.301. The molecule has 0 unspecified atom stereocenters. The first-order valence-corrected chi connectivity index (χ1v) is 11.6. The minimum Gasteiger partial charge on any atom is -0.378 e. The van der Waals surface area contributed by atoms with Crippen LogP contribution in [-0.2, 0) is 4.74 Å². The molecule has 8 heteroatoms. The average Bonchev–Trinajstić information content (AvgIpc) is 3.29. The Balaban J connectivity index is 1.36. The number of ether oxygens (including phenoxy) is 1. The lowest BCUT2D eigenvalue weighted by Gasteiger charge is -2.29. The van der Waals surface area contributed by atoms with Crippen LogP contribution in [0.5, 0.6) is 0 Å². The first-order chi connectivity index (χ1) is 16.7. The van der Waals surface area contributed by atoms with Gasteiger partial charge in [0.25, 0.3) is 5.78 Å². The molecule has 6 rings (SSSR count). The van der Waals surface area contributed by atoms with E-state index < -0.39 is 0 Å². The number of rotatable bonds is 4. The Morgan fingerprint density at radius 2 is 1.68 bits per heavy atom. The van der Waals surface area contributed by atoms with Gasteiger partial charge >= 0.3 is 0 Å². The van der Waals surface area contributed by atoms with Crippen LogP contribution in [0.25, 0.3) is 27.8 Å². The molecule has 34 heavy (non-hydrogen) atoms. The Labute approximate surface area is 202 Å². The van der Waals surface area contributed by atoms with Crippen molar-refractivity contribution in [2.24, 2.45) is 0 Å². The Morgan fingerprint density at radius 3 is 2.50 bits per heavy atom. The fourth-order valence-electron chi connectivity index (χ4n) is 4.51. The molecule has 3 aromatic carbocycles. The van der Waals surface area contributed by atoms with Crippen LogP contribution in [-0.4, -0.2) is 52.9 Å². The second-order valence-corrected chi connectivity index (χ2v) is 8.65. The van der Waals surface area contributed by atoms with Gasteiger partial charge in [0.05, 0.1) is 18.7 Å². The molecule has 0 saturated carbocycles. The van der Waals surface area contributed by atoms with Gasteiger partial charge in [0.1, 0.15) is 5.82 Å². The zero-order valence-corrected chi connectivity index (χ0v) is 19.5. The number of benzene rings is 3.